The first-order chi connectivity index (χ1) is 8.60. The molecule has 2 N–H and O–H groups in total. The Hall–Kier alpha value is -2.17. The summed E-state index contributed by atoms with van der Waals surface area (Å²) >= 11 is 0. The number of aryl methyl sites for hydroxylation is 2. The molecule has 1 heterocycles. The molecule has 5 heteroatoms. The maximum Gasteiger partial charge on any atom is 0.257 e. The van der Waals surface area contributed by atoms with E-state index in [4.69, 9.17) is 0 Å². The Morgan fingerprint density at radius 2 is 2.22 bits per heavy atom. The fourth-order valence-corrected chi connectivity index (χ4v) is 1.67. The summed E-state index contributed by atoms with van der Waals surface area (Å²) in [6.07, 6.45) is 0.818. The lowest BCUT2D eigenvalue weighted by Gasteiger charge is -2.05. The van der Waals surface area contributed by atoms with Crippen LogP contribution in [0, 0.1) is 12.7 Å². The quantitative estimate of drug-likeness (QED) is 0.876. The van der Waals surface area contributed by atoms with Gasteiger partial charge in [-0.3, -0.25) is 9.89 Å². The molecule has 0 fully saturated rings. The van der Waals surface area contributed by atoms with Crippen molar-refractivity contribution in [2.45, 2.75) is 20.3 Å². The monoisotopic (exact) mass is 247 g/mol. The van der Waals surface area contributed by atoms with Crippen LogP contribution in [0.1, 0.15) is 28.5 Å². The van der Waals surface area contributed by atoms with Gasteiger partial charge in [0.15, 0.2) is 5.82 Å². The summed E-state index contributed by atoms with van der Waals surface area (Å²) in [5, 5.41) is 9.45. The molecule has 0 spiro atoms. The molecule has 0 radical (unpaired) electrons. The summed E-state index contributed by atoms with van der Waals surface area (Å²) in [4.78, 5) is 12.0. The Morgan fingerprint density at radius 1 is 1.44 bits per heavy atom. The Morgan fingerprint density at radius 3 is 2.83 bits per heavy atom. The predicted octanol–water partition coefficient (Wildman–Crippen LogP) is 2.67. The molecule has 1 amide bonds. The van der Waals surface area contributed by atoms with Gasteiger partial charge < -0.3 is 5.32 Å². The standard InChI is InChI=1S/C13H14FN3O/c1-3-10-7-12(17-16-10)15-13(18)11-5-4-9(14)6-8(11)2/h4-7H,3H2,1-2H3,(H2,15,16,17,18). The van der Waals surface area contributed by atoms with Crippen LogP contribution in [0.3, 0.4) is 0 Å². The van der Waals surface area contributed by atoms with E-state index in [1.807, 2.05) is 6.92 Å². The highest BCUT2D eigenvalue weighted by Gasteiger charge is 2.11. The van der Waals surface area contributed by atoms with Gasteiger partial charge in [-0.15, -0.1) is 0 Å². The summed E-state index contributed by atoms with van der Waals surface area (Å²) in [7, 11) is 0. The van der Waals surface area contributed by atoms with E-state index in [0.717, 1.165) is 12.1 Å². The number of nitrogens with one attached hydrogen (secondary N) is 2. The lowest BCUT2D eigenvalue weighted by molar-refractivity contribution is 0.102. The van der Waals surface area contributed by atoms with Crippen molar-refractivity contribution in [3.8, 4) is 0 Å². The smallest absolute Gasteiger partial charge is 0.257 e. The van der Waals surface area contributed by atoms with Crippen LogP contribution < -0.4 is 5.32 Å². The van der Waals surface area contributed by atoms with Gasteiger partial charge in [0.25, 0.3) is 5.91 Å². The molecule has 0 aliphatic heterocycles. The highest BCUT2D eigenvalue weighted by atomic mass is 19.1. The molecule has 18 heavy (non-hydrogen) atoms. The van der Waals surface area contributed by atoms with Crippen LogP contribution >= 0.6 is 0 Å². The fourth-order valence-electron chi connectivity index (χ4n) is 1.67. The van der Waals surface area contributed by atoms with Crippen molar-refractivity contribution in [1.29, 1.82) is 0 Å². The van der Waals surface area contributed by atoms with E-state index in [1.54, 1.807) is 13.0 Å². The molecular formula is C13H14FN3O. The molecule has 1 aromatic carbocycles. The van der Waals surface area contributed by atoms with E-state index in [9.17, 15) is 9.18 Å². The van der Waals surface area contributed by atoms with E-state index in [2.05, 4.69) is 15.5 Å². The summed E-state index contributed by atoms with van der Waals surface area (Å²) in [5.74, 6) is -0.167. The molecule has 94 valence electrons. The summed E-state index contributed by atoms with van der Waals surface area (Å²) in [6.45, 7) is 3.68. The second-order valence-electron chi connectivity index (χ2n) is 4.05. The Kier molecular flexibility index (Phi) is 3.41. The van der Waals surface area contributed by atoms with E-state index in [0.29, 0.717) is 16.9 Å². The number of aromatic nitrogens is 2. The highest BCUT2D eigenvalue weighted by Crippen LogP contribution is 2.13. The Bertz CT molecular complexity index is 577. The van der Waals surface area contributed by atoms with Crippen molar-refractivity contribution in [3.63, 3.8) is 0 Å². The third kappa shape index (κ3) is 2.56. The van der Waals surface area contributed by atoms with E-state index in [1.165, 1.54) is 18.2 Å². The summed E-state index contributed by atoms with van der Waals surface area (Å²) in [5.41, 5.74) is 1.98. The lowest BCUT2D eigenvalue weighted by Crippen LogP contribution is -2.13. The zero-order chi connectivity index (χ0) is 13.1. The topological polar surface area (TPSA) is 57.8 Å². The molecule has 1 aromatic heterocycles. The van der Waals surface area contributed by atoms with Gasteiger partial charge >= 0.3 is 0 Å². The molecular weight excluding hydrogens is 233 g/mol. The van der Waals surface area contributed by atoms with Gasteiger partial charge in [-0.25, -0.2) is 4.39 Å². The van der Waals surface area contributed by atoms with Crippen LogP contribution in [0.4, 0.5) is 10.2 Å². The van der Waals surface area contributed by atoms with Gasteiger partial charge in [-0.05, 0) is 37.1 Å². The largest absolute Gasteiger partial charge is 0.305 e. The number of anilines is 1. The molecule has 0 aliphatic rings. The highest BCUT2D eigenvalue weighted by molar-refractivity contribution is 6.04. The van der Waals surface area contributed by atoms with Crippen LogP contribution in [-0.4, -0.2) is 16.1 Å². The number of carbonyl (C=O) groups is 1. The summed E-state index contributed by atoms with van der Waals surface area (Å²) < 4.78 is 12.9. The second-order valence-corrected chi connectivity index (χ2v) is 4.05. The fraction of sp³-hybridized carbons (Fsp3) is 0.231. The van der Waals surface area contributed by atoms with Crippen LogP contribution in [-0.2, 0) is 6.42 Å². The van der Waals surface area contributed by atoms with Gasteiger partial charge in [0.05, 0.1) is 0 Å². The van der Waals surface area contributed by atoms with Crippen LogP contribution in [0.5, 0.6) is 0 Å². The first-order valence-electron chi connectivity index (χ1n) is 5.72. The van der Waals surface area contributed by atoms with E-state index < -0.39 is 0 Å². The molecule has 0 saturated heterocycles. The van der Waals surface area contributed by atoms with Gasteiger partial charge in [0.1, 0.15) is 5.82 Å². The van der Waals surface area contributed by atoms with Crippen LogP contribution in [0.25, 0.3) is 0 Å². The average molecular weight is 247 g/mol. The number of hydrogen-bond acceptors (Lipinski definition) is 2. The van der Waals surface area contributed by atoms with Crippen molar-refractivity contribution < 1.29 is 9.18 Å². The first kappa shape index (κ1) is 12.3. The minimum Gasteiger partial charge on any atom is -0.305 e. The van der Waals surface area contributed by atoms with E-state index in [-0.39, 0.29) is 11.7 Å². The molecule has 2 aromatic rings. The molecule has 0 unspecified atom stereocenters. The third-order valence-electron chi connectivity index (χ3n) is 2.69. The van der Waals surface area contributed by atoms with Crippen LogP contribution in [0.15, 0.2) is 24.3 Å². The SMILES string of the molecule is CCc1cc(NC(=O)c2ccc(F)cc2C)n[nH]1. The maximum absolute atomic E-state index is 12.9. The van der Waals surface area contributed by atoms with Gasteiger partial charge in [-0.2, -0.15) is 5.10 Å². The number of carbonyl (C=O) groups excluding carboxylic acids is 1. The number of rotatable bonds is 3. The average Bonchev–Trinajstić information content (AvgIpc) is 2.76. The molecule has 0 aliphatic carbocycles. The number of aromatic amines is 1. The molecule has 0 saturated carbocycles. The minimum atomic E-state index is -0.350. The molecule has 2 rings (SSSR count). The summed E-state index contributed by atoms with van der Waals surface area (Å²) in [6, 6.07) is 5.84. The zero-order valence-electron chi connectivity index (χ0n) is 10.2. The van der Waals surface area contributed by atoms with Crippen molar-refractivity contribution in [2.75, 3.05) is 5.32 Å². The van der Waals surface area contributed by atoms with Gasteiger partial charge in [0, 0.05) is 17.3 Å². The molecule has 0 bridgehead atoms. The van der Waals surface area contributed by atoms with Crippen LogP contribution in [0.2, 0.25) is 0 Å². The number of H-pyrrole nitrogens is 1. The van der Waals surface area contributed by atoms with Crippen molar-refractivity contribution in [2.24, 2.45) is 0 Å². The van der Waals surface area contributed by atoms with Crippen molar-refractivity contribution >= 4 is 11.7 Å². The number of halogens is 1. The van der Waals surface area contributed by atoms with E-state index >= 15 is 0 Å². The predicted molar refractivity (Wildman–Crippen MR) is 67.1 cm³/mol. The van der Waals surface area contributed by atoms with Crippen molar-refractivity contribution in [3.05, 3.63) is 46.9 Å². The van der Waals surface area contributed by atoms with Crippen molar-refractivity contribution in [1.82, 2.24) is 10.2 Å². The van der Waals surface area contributed by atoms with Gasteiger partial charge in [0.2, 0.25) is 0 Å². The zero-order valence-corrected chi connectivity index (χ0v) is 10.2. The number of amides is 1. The Labute approximate surface area is 104 Å². The first-order valence-corrected chi connectivity index (χ1v) is 5.72. The van der Waals surface area contributed by atoms with Gasteiger partial charge in [-0.1, -0.05) is 6.92 Å². The molecule has 4 nitrogen and oxygen atoms in total. The minimum absolute atomic E-state index is 0.290. The number of benzene rings is 1. The molecule has 0 atom stereocenters. The lowest BCUT2D eigenvalue weighted by atomic mass is 10.1. The number of nitrogens with zero attached hydrogens (tertiary/aromatic N) is 1. The number of hydrogen-bond donors (Lipinski definition) is 2. The normalized spacial score (nSPS) is 10.4. The second kappa shape index (κ2) is 5.00. The third-order valence-corrected chi connectivity index (χ3v) is 2.69. The maximum atomic E-state index is 12.9. The Balaban J connectivity index is 2.16.